The minimum absolute atomic E-state index is 0.484. The van der Waals surface area contributed by atoms with Crippen LogP contribution >= 0.6 is 15.9 Å². The molecule has 0 saturated heterocycles. The SMILES string of the molecule is COc1cc(N)c(Oc2cccc(Br)c2)cc1OC. The molecule has 0 unspecified atom stereocenters. The zero-order chi connectivity index (χ0) is 13.8. The number of hydrogen-bond donors (Lipinski definition) is 1. The Morgan fingerprint density at radius 1 is 0.947 bits per heavy atom. The molecule has 0 aliphatic heterocycles. The van der Waals surface area contributed by atoms with Crippen molar-refractivity contribution in [2.24, 2.45) is 0 Å². The van der Waals surface area contributed by atoms with E-state index in [0.717, 1.165) is 4.47 Å². The molecule has 2 N–H and O–H groups in total. The molecule has 0 aromatic heterocycles. The summed E-state index contributed by atoms with van der Waals surface area (Å²) in [5.74, 6) is 2.35. The third-order valence-electron chi connectivity index (χ3n) is 2.54. The van der Waals surface area contributed by atoms with E-state index in [1.807, 2.05) is 24.3 Å². The molecule has 5 heteroatoms. The monoisotopic (exact) mass is 323 g/mol. The molecule has 0 spiro atoms. The minimum atomic E-state index is 0.484. The fourth-order valence-electron chi connectivity index (χ4n) is 1.62. The van der Waals surface area contributed by atoms with Gasteiger partial charge in [-0.25, -0.2) is 0 Å². The van der Waals surface area contributed by atoms with Gasteiger partial charge < -0.3 is 19.9 Å². The van der Waals surface area contributed by atoms with Crippen molar-refractivity contribution >= 4 is 21.6 Å². The van der Waals surface area contributed by atoms with Gasteiger partial charge in [0.15, 0.2) is 17.2 Å². The Morgan fingerprint density at radius 3 is 2.26 bits per heavy atom. The number of benzene rings is 2. The lowest BCUT2D eigenvalue weighted by molar-refractivity contribution is 0.352. The van der Waals surface area contributed by atoms with Crippen molar-refractivity contribution < 1.29 is 14.2 Å². The van der Waals surface area contributed by atoms with Crippen LogP contribution in [0, 0.1) is 0 Å². The first-order valence-corrected chi connectivity index (χ1v) is 6.38. The first-order valence-electron chi connectivity index (χ1n) is 5.59. The highest BCUT2D eigenvalue weighted by Gasteiger charge is 2.11. The van der Waals surface area contributed by atoms with Crippen molar-refractivity contribution in [3.63, 3.8) is 0 Å². The zero-order valence-corrected chi connectivity index (χ0v) is 12.2. The van der Waals surface area contributed by atoms with Gasteiger partial charge in [-0.3, -0.25) is 0 Å². The number of rotatable bonds is 4. The summed E-state index contributed by atoms with van der Waals surface area (Å²) in [5, 5.41) is 0. The quantitative estimate of drug-likeness (QED) is 0.868. The number of nitrogen functional groups attached to an aromatic ring is 1. The molecule has 4 nitrogen and oxygen atoms in total. The van der Waals surface area contributed by atoms with Gasteiger partial charge in [0.25, 0.3) is 0 Å². The number of nitrogens with two attached hydrogens (primary N) is 1. The standard InChI is InChI=1S/C14H14BrNO3/c1-17-13-7-11(16)12(8-14(13)18-2)19-10-5-3-4-9(15)6-10/h3-8H,16H2,1-2H3. The van der Waals surface area contributed by atoms with E-state index in [2.05, 4.69) is 15.9 Å². The van der Waals surface area contributed by atoms with Crippen LogP contribution in [0.2, 0.25) is 0 Å². The summed E-state index contributed by atoms with van der Waals surface area (Å²) < 4.78 is 17.1. The molecule has 0 radical (unpaired) electrons. The predicted molar refractivity (Wildman–Crippen MR) is 78.2 cm³/mol. The van der Waals surface area contributed by atoms with E-state index in [0.29, 0.717) is 28.7 Å². The van der Waals surface area contributed by atoms with Crippen LogP contribution in [0.1, 0.15) is 0 Å². The molecule has 2 aromatic rings. The Kier molecular flexibility index (Phi) is 4.16. The van der Waals surface area contributed by atoms with Crippen molar-refractivity contribution in [1.29, 1.82) is 0 Å². The van der Waals surface area contributed by atoms with Gasteiger partial charge in [0.05, 0.1) is 19.9 Å². The van der Waals surface area contributed by atoms with Crippen molar-refractivity contribution in [1.82, 2.24) is 0 Å². The minimum Gasteiger partial charge on any atom is -0.493 e. The Labute approximate surface area is 120 Å². The highest BCUT2D eigenvalue weighted by atomic mass is 79.9. The molecule has 0 saturated carbocycles. The topological polar surface area (TPSA) is 53.7 Å². The lowest BCUT2D eigenvalue weighted by Gasteiger charge is -2.13. The van der Waals surface area contributed by atoms with Gasteiger partial charge in [-0.05, 0) is 18.2 Å². The summed E-state index contributed by atoms with van der Waals surface area (Å²) in [6, 6.07) is 10.9. The van der Waals surface area contributed by atoms with Crippen molar-refractivity contribution in [3.8, 4) is 23.0 Å². The predicted octanol–water partition coefficient (Wildman–Crippen LogP) is 3.84. The van der Waals surface area contributed by atoms with Crippen LogP contribution in [0.4, 0.5) is 5.69 Å². The van der Waals surface area contributed by atoms with Gasteiger partial charge in [-0.15, -0.1) is 0 Å². The van der Waals surface area contributed by atoms with Crippen LogP contribution in [0.15, 0.2) is 40.9 Å². The fraction of sp³-hybridized carbons (Fsp3) is 0.143. The van der Waals surface area contributed by atoms with Crippen LogP contribution < -0.4 is 19.9 Å². The van der Waals surface area contributed by atoms with Gasteiger partial charge in [0.2, 0.25) is 0 Å². The van der Waals surface area contributed by atoms with Gasteiger partial charge in [0, 0.05) is 16.6 Å². The third-order valence-corrected chi connectivity index (χ3v) is 3.03. The molecule has 0 fully saturated rings. The van der Waals surface area contributed by atoms with Gasteiger partial charge in [-0.2, -0.15) is 0 Å². The Morgan fingerprint density at radius 2 is 1.63 bits per heavy atom. The Balaban J connectivity index is 2.35. The highest BCUT2D eigenvalue weighted by Crippen LogP contribution is 2.38. The number of anilines is 1. The van der Waals surface area contributed by atoms with E-state index in [1.54, 1.807) is 26.4 Å². The van der Waals surface area contributed by atoms with Gasteiger partial charge in [-0.1, -0.05) is 22.0 Å². The Hall–Kier alpha value is -1.88. The molecule has 2 aromatic carbocycles. The molecule has 0 aliphatic carbocycles. The molecular weight excluding hydrogens is 310 g/mol. The molecule has 0 atom stereocenters. The second-order valence-corrected chi connectivity index (χ2v) is 4.72. The first kappa shape index (κ1) is 13.5. The summed E-state index contributed by atoms with van der Waals surface area (Å²) in [5.41, 5.74) is 6.42. The molecule has 0 bridgehead atoms. The molecule has 2 rings (SSSR count). The third kappa shape index (κ3) is 3.12. The summed E-state index contributed by atoms with van der Waals surface area (Å²) in [6.45, 7) is 0. The number of halogens is 1. The second-order valence-electron chi connectivity index (χ2n) is 3.80. The molecule has 0 amide bonds. The molecule has 0 aliphatic rings. The lowest BCUT2D eigenvalue weighted by atomic mass is 10.2. The molecule has 19 heavy (non-hydrogen) atoms. The van der Waals surface area contributed by atoms with Gasteiger partial charge >= 0.3 is 0 Å². The number of ether oxygens (including phenoxy) is 3. The first-order chi connectivity index (χ1) is 9.13. The van der Waals surface area contributed by atoms with E-state index in [-0.39, 0.29) is 0 Å². The summed E-state index contributed by atoms with van der Waals surface area (Å²) in [6.07, 6.45) is 0. The highest BCUT2D eigenvalue weighted by molar-refractivity contribution is 9.10. The molecule has 100 valence electrons. The average molecular weight is 324 g/mol. The largest absolute Gasteiger partial charge is 0.493 e. The fourth-order valence-corrected chi connectivity index (χ4v) is 2.00. The van der Waals surface area contributed by atoms with Crippen LogP contribution in [0.25, 0.3) is 0 Å². The van der Waals surface area contributed by atoms with Crippen molar-refractivity contribution in [2.75, 3.05) is 20.0 Å². The summed E-state index contributed by atoms with van der Waals surface area (Å²) in [7, 11) is 3.13. The van der Waals surface area contributed by atoms with Crippen LogP contribution in [0.5, 0.6) is 23.0 Å². The van der Waals surface area contributed by atoms with Crippen LogP contribution in [-0.4, -0.2) is 14.2 Å². The number of methoxy groups -OCH3 is 2. The van der Waals surface area contributed by atoms with E-state index < -0.39 is 0 Å². The smallest absolute Gasteiger partial charge is 0.164 e. The average Bonchev–Trinajstić information content (AvgIpc) is 2.40. The maximum atomic E-state index is 5.93. The van der Waals surface area contributed by atoms with Crippen molar-refractivity contribution in [2.45, 2.75) is 0 Å². The molecular formula is C14H14BrNO3. The Bertz CT molecular complexity index is 587. The number of hydrogen-bond acceptors (Lipinski definition) is 4. The maximum Gasteiger partial charge on any atom is 0.164 e. The van der Waals surface area contributed by atoms with Crippen LogP contribution in [-0.2, 0) is 0 Å². The van der Waals surface area contributed by atoms with Crippen molar-refractivity contribution in [3.05, 3.63) is 40.9 Å². The van der Waals surface area contributed by atoms with Gasteiger partial charge in [0.1, 0.15) is 5.75 Å². The van der Waals surface area contributed by atoms with E-state index >= 15 is 0 Å². The zero-order valence-electron chi connectivity index (χ0n) is 10.6. The molecule has 0 heterocycles. The normalized spacial score (nSPS) is 10.1. The second kappa shape index (κ2) is 5.84. The van der Waals surface area contributed by atoms with E-state index in [4.69, 9.17) is 19.9 Å². The van der Waals surface area contributed by atoms with E-state index in [9.17, 15) is 0 Å². The van der Waals surface area contributed by atoms with Crippen LogP contribution in [0.3, 0.4) is 0 Å². The summed E-state index contributed by atoms with van der Waals surface area (Å²) >= 11 is 3.39. The van der Waals surface area contributed by atoms with E-state index in [1.165, 1.54) is 0 Å². The lowest BCUT2D eigenvalue weighted by Crippen LogP contribution is -1.96. The summed E-state index contributed by atoms with van der Waals surface area (Å²) in [4.78, 5) is 0. The maximum absolute atomic E-state index is 5.93.